The van der Waals surface area contributed by atoms with E-state index < -0.39 is 11.4 Å². The van der Waals surface area contributed by atoms with Crippen LogP contribution < -0.4 is 0 Å². The highest BCUT2D eigenvalue weighted by atomic mass is 79.9. The zero-order chi connectivity index (χ0) is 15.5. The van der Waals surface area contributed by atoms with Gasteiger partial charge in [-0.25, -0.2) is 4.79 Å². The van der Waals surface area contributed by atoms with Gasteiger partial charge >= 0.3 is 11.9 Å². The van der Waals surface area contributed by atoms with E-state index in [2.05, 4.69) is 15.9 Å². The zero-order valence-electron chi connectivity index (χ0n) is 12.2. The molecule has 0 amide bonds. The van der Waals surface area contributed by atoms with Gasteiger partial charge in [-0.15, -0.1) is 0 Å². The summed E-state index contributed by atoms with van der Waals surface area (Å²) in [6, 6.07) is 6.95. The van der Waals surface area contributed by atoms with Crippen LogP contribution in [0.3, 0.4) is 0 Å². The summed E-state index contributed by atoms with van der Waals surface area (Å²) in [7, 11) is 0. The molecule has 1 aliphatic heterocycles. The zero-order valence-corrected chi connectivity index (χ0v) is 13.8. The molecule has 1 aliphatic rings. The lowest BCUT2D eigenvalue weighted by molar-refractivity contribution is -0.150. The molecule has 21 heavy (non-hydrogen) atoms. The highest BCUT2D eigenvalue weighted by Gasteiger charge is 2.46. The number of hydrogen-bond acceptors (Lipinski definition) is 4. The molecule has 0 aliphatic carbocycles. The fourth-order valence-corrected chi connectivity index (χ4v) is 2.86. The molecule has 5 heteroatoms. The molecule has 1 atom stereocenters. The second-order valence-corrected chi connectivity index (χ2v) is 6.24. The smallest absolute Gasteiger partial charge is 0.338 e. The maximum atomic E-state index is 12.0. The Kier molecular flexibility index (Phi) is 5.04. The van der Waals surface area contributed by atoms with E-state index in [1.165, 1.54) is 0 Å². The van der Waals surface area contributed by atoms with Crippen molar-refractivity contribution in [3.05, 3.63) is 34.3 Å². The first-order valence-corrected chi connectivity index (χ1v) is 7.94. The van der Waals surface area contributed by atoms with Crippen molar-refractivity contribution in [2.45, 2.75) is 39.2 Å². The van der Waals surface area contributed by atoms with Crippen LogP contribution in [0.2, 0.25) is 0 Å². The van der Waals surface area contributed by atoms with Crippen LogP contribution in [0.1, 0.15) is 43.5 Å². The third kappa shape index (κ3) is 3.46. The van der Waals surface area contributed by atoms with Crippen LogP contribution in [0.5, 0.6) is 0 Å². The normalized spacial score (nSPS) is 20.1. The van der Waals surface area contributed by atoms with Gasteiger partial charge in [0.25, 0.3) is 0 Å². The molecule has 0 aromatic heterocycles. The topological polar surface area (TPSA) is 52.6 Å². The summed E-state index contributed by atoms with van der Waals surface area (Å²) in [5.41, 5.74) is 0.0778. The molecule has 0 N–H and O–H groups in total. The van der Waals surface area contributed by atoms with E-state index in [9.17, 15) is 9.59 Å². The number of ether oxygens (including phenoxy) is 2. The number of halogens is 1. The van der Waals surface area contributed by atoms with Gasteiger partial charge in [0.2, 0.25) is 0 Å². The first-order valence-electron chi connectivity index (χ1n) is 7.14. The lowest BCUT2D eigenvalue weighted by Gasteiger charge is -2.19. The number of esters is 2. The van der Waals surface area contributed by atoms with Gasteiger partial charge in [0, 0.05) is 10.9 Å². The molecule has 4 nitrogen and oxygen atoms in total. The Morgan fingerprint density at radius 2 is 1.95 bits per heavy atom. The molecule has 1 saturated heterocycles. The first-order chi connectivity index (χ1) is 10.0. The van der Waals surface area contributed by atoms with Gasteiger partial charge < -0.3 is 9.47 Å². The van der Waals surface area contributed by atoms with Crippen molar-refractivity contribution in [3.63, 3.8) is 0 Å². The van der Waals surface area contributed by atoms with Crippen LogP contribution in [0, 0.1) is 5.41 Å². The summed E-state index contributed by atoms with van der Waals surface area (Å²) in [6.07, 6.45) is 1.78. The van der Waals surface area contributed by atoms with Gasteiger partial charge in [0.1, 0.15) is 12.7 Å². The molecule has 1 fully saturated rings. The van der Waals surface area contributed by atoms with Crippen LogP contribution >= 0.6 is 15.9 Å². The minimum atomic E-state index is -0.408. The van der Waals surface area contributed by atoms with Crippen LogP contribution in [-0.4, -0.2) is 24.6 Å². The van der Waals surface area contributed by atoms with Gasteiger partial charge in [0.05, 0.1) is 11.0 Å². The SMILES string of the molecule is CCC1(CC)CC(COC(=O)c2ccc(Br)cc2)OC1=O. The Morgan fingerprint density at radius 3 is 2.48 bits per heavy atom. The fraction of sp³-hybridized carbons (Fsp3) is 0.500. The molecular formula is C16H19BrO4. The molecule has 0 saturated carbocycles. The van der Waals surface area contributed by atoms with Crippen molar-refractivity contribution < 1.29 is 19.1 Å². The first kappa shape index (κ1) is 16.0. The quantitative estimate of drug-likeness (QED) is 0.756. The summed E-state index contributed by atoms with van der Waals surface area (Å²) in [5.74, 6) is -0.568. The Balaban J connectivity index is 1.91. The minimum absolute atomic E-state index is 0.113. The molecule has 0 bridgehead atoms. The number of hydrogen-bond donors (Lipinski definition) is 0. The lowest BCUT2D eigenvalue weighted by atomic mass is 9.80. The van der Waals surface area contributed by atoms with Gasteiger partial charge in [0.15, 0.2) is 0 Å². The van der Waals surface area contributed by atoms with Gasteiger partial charge in [-0.1, -0.05) is 29.8 Å². The third-order valence-electron chi connectivity index (χ3n) is 4.16. The molecule has 1 aromatic rings. The number of carbonyl (C=O) groups excluding carboxylic acids is 2. The number of cyclic esters (lactones) is 1. The standard InChI is InChI=1S/C16H19BrO4/c1-3-16(4-2)9-13(21-15(16)19)10-20-14(18)11-5-7-12(17)8-6-11/h5-8,13H,3-4,9-10H2,1-2H3. The van der Waals surface area contributed by atoms with Crippen molar-refractivity contribution in [2.75, 3.05) is 6.61 Å². The molecule has 114 valence electrons. The van der Waals surface area contributed by atoms with E-state index in [-0.39, 0.29) is 18.7 Å². The maximum Gasteiger partial charge on any atom is 0.338 e. The van der Waals surface area contributed by atoms with Crippen molar-refractivity contribution in [2.24, 2.45) is 5.41 Å². The number of carbonyl (C=O) groups is 2. The summed E-state index contributed by atoms with van der Waals surface area (Å²) in [6.45, 7) is 4.09. The number of benzene rings is 1. The summed E-state index contributed by atoms with van der Waals surface area (Å²) < 4.78 is 11.5. The van der Waals surface area contributed by atoms with Crippen LogP contribution in [0.15, 0.2) is 28.7 Å². The van der Waals surface area contributed by atoms with Crippen LogP contribution in [0.4, 0.5) is 0 Å². The molecule has 2 rings (SSSR count). The predicted octanol–water partition coefficient (Wildman–Crippen LogP) is 3.73. The van der Waals surface area contributed by atoms with E-state index in [4.69, 9.17) is 9.47 Å². The van der Waals surface area contributed by atoms with Crippen LogP contribution in [-0.2, 0) is 14.3 Å². The Morgan fingerprint density at radius 1 is 1.33 bits per heavy atom. The summed E-state index contributed by atoms with van der Waals surface area (Å²) >= 11 is 3.31. The largest absolute Gasteiger partial charge is 0.458 e. The van der Waals surface area contributed by atoms with Crippen molar-refractivity contribution >= 4 is 27.9 Å². The van der Waals surface area contributed by atoms with Crippen molar-refractivity contribution in [1.29, 1.82) is 0 Å². The molecule has 1 unspecified atom stereocenters. The van der Waals surface area contributed by atoms with E-state index >= 15 is 0 Å². The molecular weight excluding hydrogens is 336 g/mol. The second-order valence-electron chi connectivity index (χ2n) is 5.32. The second kappa shape index (κ2) is 6.60. The highest BCUT2D eigenvalue weighted by molar-refractivity contribution is 9.10. The molecule has 0 radical (unpaired) electrons. The third-order valence-corrected chi connectivity index (χ3v) is 4.69. The Bertz CT molecular complexity index is 520. The van der Waals surface area contributed by atoms with Gasteiger partial charge in [-0.3, -0.25) is 4.79 Å². The van der Waals surface area contributed by atoms with Gasteiger partial charge in [-0.2, -0.15) is 0 Å². The average molecular weight is 355 g/mol. The Hall–Kier alpha value is -1.36. The molecule has 1 aromatic carbocycles. The molecule has 0 spiro atoms. The average Bonchev–Trinajstić information content (AvgIpc) is 2.82. The van der Waals surface area contributed by atoms with E-state index in [1.54, 1.807) is 24.3 Å². The highest BCUT2D eigenvalue weighted by Crippen LogP contribution is 2.40. The lowest BCUT2D eigenvalue weighted by Crippen LogP contribution is -2.24. The summed E-state index contributed by atoms with van der Waals surface area (Å²) in [4.78, 5) is 23.9. The molecule has 1 heterocycles. The minimum Gasteiger partial charge on any atom is -0.458 e. The maximum absolute atomic E-state index is 12.0. The fourth-order valence-electron chi connectivity index (χ4n) is 2.60. The van der Waals surface area contributed by atoms with Crippen LogP contribution in [0.25, 0.3) is 0 Å². The monoisotopic (exact) mass is 354 g/mol. The predicted molar refractivity (Wildman–Crippen MR) is 81.9 cm³/mol. The van der Waals surface area contributed by atoms with Gasteiger partial charge in [-0.05, 0) is 37.1 Å². The van der Waals surface area contributed by atoms with Crippen molar-refractivity contribution in [1.82, 2.24) is 0 Å². The van der Waals surface area contributed by atoms with E-state index in [0.717, 1.165) is 17.3 Å². The van der Waals surface area contributed by atoms with E-state index in [0.29, 0.717) is 12.0 Å². The van der Waals surface area contributed by atoms with E-state index in [1.807, 2.05) is 13.8 Å². The number of rotatable bonds is 5. The summed E-state index contributed by atoms with van der Waals surface area (Å²) in [5, 5.41) is 0. The Labute approximate surface area is 132 Å². The van der Waals surface area contributed by atoms with Crippen molar-refractivity contribution in [3.8, 4) is 0 Å².